The summed E-state index contributed by atoms with van der Waals surface area (Å²) in [5, 5.41) is 3.37. The topological polar surface area (TPSA) is 59.2 Å². The van der Waals surface area contributed by atoms with Gasteiger partial charge in [-0.25, -0.2) is 0 Å². The summed E-state index contributed by atoms with van der Waals surface area (Å²) >= 11 is 1.26. The molecule has 24 heavy (non-hydrogen) atoms. The zero-order chi connectivity index (χ0) is 17.3. The molecule has 0 atom stereocenters. The van der Waals surface area contributed by atoms with Gasteiger partial charge < -0.3 is 9.42 Å². The molecule has 3 rings (SSSR count). The fourth-order valence-electron chi connectivity index (χ4n) is 2.28. The number of carbonyl (C=O) groups excluding carboxylic acids is 1. The maximum atomic E-state index is 12.5. The van der Waals surface area contributed by atoms with Crippen molar-refractivity contribution in [3.05, 3.63) is 22.9 Å². The van der Waals surface area contributed by atoms with Gasteiger partial charge in [0.15, 0.2) is 0 Å². The fourth-order valence-corrected chi connectivity index (χ4v) is 3.23. The molecular formula is C15H16F3N3O2S. The van der Waals surface area contributed by atoms with Gasteiger partial charge in [-0.2, -0.15) is 18.2 Å². The molecular weight excluding hydrogens is 343 g/mol. The Hall–Kier alpha value is -1.90. The van der Waals surface area contributed by atoms with Crippen LogP contribution < -0.4 is 0 Å². The van der Waals surface area contributed by atoms with Gasteiger partial charge in [-0.05, 0) is 37.8 Å². The molecule has 0 N–H and O–H groups in total. The Labute approximate surface area is 140 Å². The van der Waals surface area contributed by atoms with Gasteiger partial charge in [0, 0.05) is 17.8 Å². The van der Waals surface area contributed by atoms with Crippen LogP contribution in [0.25, 0.3) is 10.7 Å². The Bertz CT molecular complexity index is 722. The van der Waals surface area contributed by atoms with Gasteiger partial charge in [0.2, 0.25) is 11.7 Å². The summed E-state index contributed by atoms with van der Waals surface area (Å²) in [5.41, 5.74) is 0. The van der Waals surface area contributed by atoms with Crippen LogP contribution in [0.3, 0.4) is 0 Å². The Morgan fingerprint density at radius 2 is 2.17 bits per heavy atom. The van der Waals surface area contributed by atoms with Crippen molar-refractivity contribution in [2.75, 3.05) is 6.54 Å². The first-order chi connectivity index (χ1) is 11.4. The number of halogens is 3. The van der Waals surface area contributed by atoms with E-state index in [9.17, 15) is 18.0 Å². The van der Waals surface area contributed by atoms with E-state index in [1.807, 2.05) is 6.92 Å². The first kappa shape index (κ1) is 16.9. The van der Waals surface area contributed by atoms with Crippen molar-refractivity contribution in [2.24, 2.45) is 5.92 Å². The predicted molar refractivity (Wildman–Crippen MR) is 81.0 cm³/mol. The molecule has 2 heterocycles. The highest BCUT2D eigenvalue weighted by atomic mass is 32.1. The van der Waals surface area contributed by atoms with Crippen LogP contribution in [0.1, 0.15) is 37.0 Å². The molecule has 1 fully saturated rings. The minimum atomic E-state index is -4.65. The SMILES string of the molecule is CCN(Cc1ccc(-c2noc(C(F)(F)F)n2)s1)C(=O)CC1CC1. The standard InChI is InChI=1S/C15H16F3N3O2S/c1-2-21(12(22)7-9-3-4-9)8-10-5-6-11(24-10)13-19-14(23-20-13)15(16,17)18/h5-6,9H,2-4,7-8H2,1H3. The van der Waals surface area contributed by atoms with E-state index in [1.165, 1.54) is 11.3 Å². The Morgan fingerprint density at radius 3 is 2.75 bits per heavy atom. The predicted octanol–water partition coefficient (Wildman–Crippen LogP) is 3.97. The van der Waals surface area contributed by atoms with Gasteiger partial charge in [0.1, 0.15) is 0 Å². The van der Waals surface area contributed by atoms with E-state index >= 15 is 0 Å². The minimum absolute atomic E-state index is 0.0917. The smallest absolute Gasteiger partial charge is 0.338 e. The summed E-state index contributed by atoms with van der Waals surface area (Å²) in [6.07, 6.45) is -1.84. The van der Waals surface area contributed by atoms with Crippen LogP contribution in [-0.4, -0.2) is 27.5 Å². The van der Waals surface area contributed by atoms with E-state index in [0.717, 1.165) is 17.7 Å². The van der Waals surface area contributed by atoms with E-state index in [0.29, 0.717) is 30.3 Å². The zero-order valence-corrected chi connectivity index (χ0v) is 13.8. The van der Waals surface area contributed by atoms with E-state index in [4.69, 9.17) is 0 Å². The lowest BCUT2D eigenvalue weighted by Crippen LogP contribution is -2.30. The first-order valence-electron chi connectivity index (χ1n) is 7.64. The second kappa shape index (κ2) is 6.54. The molecule has 2 aromatic heterocycles. The highest BCUT2D eigenvalue weighted by molar-refractivity contribution is 7.15. The van der Waals surface area contributed by atoms with E-state index < -0.39 is 12.1 Å². The van der Waals surface area contributed by atoms with Crippen molar-refractivity contribution in [3.8, 4) is 10.7 Å². The van der Waals surface area contributed by atoms with E-state index in [-0.39, 0.29) is 11.7 Å². The molecule has 9 heteroatoms. The minimum Gasteiger partial charge on any atom is -0.338 e. The van der Waals surface area contributed by atoms with Crippen molar-refractivity contribution >= 4 is 17.2 Å². The quantitative estimate of drug-likeness (QED) is 0.783. The second-order valence-electron chi connectivity index (χ2n) is 5.74. The maximum absolute atomic E-state index is 12.5. The molecule has 0 aromatic carbocycles. The van der Waals surface area contributed by atoms with Crippen LogP contribution >= 0.6 is 11.3 Å². The summed E-state index contributed by atoms with van der Waals surface area (Å²) < 4.78 is 41.7. The number of amides is 1. The van der Waals surface area contributed by atoms with E-state index in [2.05, 4.69) is 14.7 Å². The molecule has 0 bridgehead atoms. The Balaban J connectivity index is 1.68. The van der Waals surface area contributed by atoms with E-state index in [1.54, 1.807) is 17.0 Å². The molecule has 0 saturated heterocycles. The van der Waals surface area contributed by atoms with Crippen molar-refractivity contribution in [2.45, 2.75) is 38.9 Å². The van der Waals surface area contributed by atoms with Crippen molar-refractivity contribution < 1.29 is 22.5 Å². The van der Waals surface area contributed by atoms with Crippen LogP contribution in [0.4, 0.5) is 13.2 Å². The van der Waals surface area contributed by atoms with Gasteiger partial charge in [-0.1, -0.05) is 5.16 Å². The zero-order valence-electron chi connectivity index (χ0n) is 13.0. The van der Waals surface area contributed by atoms with Gasteiger partial charge in [0.05, 0.1) is 11.4 Å². The lowest BCUT2D eigenvalue weighted by atomic mass is 10.2. The van der Waals surface area contributed by atoms with Crippen LogP contribution in [0.5, 0.6) is 0 Å². The summed E-state index contributed by atoms with van der Waals surface area (Å²) in [5.74, 6) is -0.812. The third-order valence-corrected chi connectivity index (χ3v) is 4.86. The molecule has 130 valence electrons. The number of hydrogen-bond donors (Lipinski definition) is 0. The van der Waals surface area contributed by atoms with Gasteiger partial charge in [-0.15, -0.1) is 11.3 Å². The van der Waals surface area contributed by atoms with Crippen LogP contribution in [0, 0.1) is 5.92 Å². The van der Waals surface area contributed by atoms with Gasteiger partial charge >= 0.3 is 12.1 Å². The summed E-state index contributed by atoms with van der Waals surface area (Å²) in [6, 6.07) is 3.42. The fraction of sp³-hybridized carbons (Fsp3) is 0.533. The Morgan fingerprint density at radius 1 is 1.42 bits per heavy atom. The molecule has 0 aliphatic heterocycles. The molecule has 5 nitrogen and oxygen atoms in total. The van der Waals surface area contributed by atoms with Crippen molar-refractivity contribution in [1.29, 1.82) is 0 Å². The largest absolute Gasteiger partial charge is 0.471 e. The Kier molecular flexibility index (Phi) is 4.62. The maximum Gasteiger partial charge on any atom is 0.471 e. The van der Waals surface area contributed by atoms with Crippen molar-refractivity contribution in [3.63, 3.8) is 0 Å². The summed E-state index contributed by atoms with van der Waals surface area (Å²) in [7, 11) is 0. The summed E-state index contributed by atoms with van der Waals surface area (Å²) in [4.78, 5) is 18.7. The molecule has 2 aromatic rings. The molecule has 1 aliphatic rings. The number of aromatic nitrogens is 2. The highest BCUT2D eigenvalue weighted by Crippen LogP contribution is 2.34. The molecule has 0 unspecified atom stereocenters. The molecule has 1 saturated carbocycles. The third-order valence-electron chi connectivity index (χ3n) is 3.79. The lowest BCUT2D eigenvalue weighted by Gasteiger charge is -2.20. The number of carbonyl (C=O) groups is 1. The number of rotatable bonds is 6. The lowest BCUT2D eigenvalue weighted by molar-refractivity contribution is -0.159. The first-order valence-corrected chi connectivity index (χ1v) is 8.46. The molecule has 1 aliphatic carbocycles. The van der Waals surface area contributed by atoms with Gasteiger partial charge in [-0.3, -0.25) is 4.79 Å². The second-order valence-corrected chi connectivity index (χ2v) is 6.91. The average Bonchev–Trinajstić information content (AvgIpc) is 3.03. The molecule has 1 amide bonds. The van der Waals surface area contributed by atoms with Crippen LogP contribution in [0.2, 0.25) is 0 Å². The normalized spacial score (nSPS) is 14.8. The monoisotopic (exact) mass is 359 g/mol. The number of nitrogens with zero attached hydrogens (tertiary/aromatic N) is 3. The molecule has 0 spiro atoms. The highest BCUT2D eigenvalue weighted by Gasteiger charge is 2.38. The van der Waals surface area contributed by atoms with Crippen LogP contribution in [-0.2, 0) is 17.5 Å². The third kappa shape index (κ3) is 3.95. The number of thiophene rings is 1. The number of hydrogen-bond acceptors (Lipinski definition) is 5. The average molecular weight is 359 g/mol. The summed E-state index contributed by atoms with van der Waals surface area (Å²) in [6.45, 7) is 2.95. The van der Waals surface area contributed by atoms with Crippen molar-refractivity contribution in [1.82, 2.24) is 15.0 Å². The van der Waals surface area contributed by atoms with Crippen LogP contribution in [0.15, 0.2) is 16.7 Å². The number of alkyl halides is 3. The van der Waals surface area contributed by atoms with Gasteiger partial charge in [0.25, 0.3) is 0 Å². The molecule has 0 radical (unpaired) electrons.